The van der Waals surface area contributed by atoms with Gasteiger partial charge in [-0.1, -0.05) is 19.1 Å². The van der Waals surface area contributed by atoms with Crippen LogP contribution in [0.25, 0.3) is 22.3 Å². The Kier molecular flexibility index (Phi) is 3.06. The molecule has 20 heavy (non-hydrogen) atoms. The van der Waals surface area contributed by atoms with E-state index in [0.717, 1.165) is 34.3 Å². The average Bonchev–Trinajstić information content (AvgIpc) is 2.51. The van der Waals surface area contributed by atoms with Gasteiger partial charge in [0.25, 0.3) is 0 Å². The molecule has 0 unspecified atom stereocenters. The van der Waals surface area contributed by atoms with Crippen molar-refractivity contribution in [3.05, 3.63) is 47.8 Å². The largest absolute Gasteiger partial charge is 0.382 e. The molecule has 0 fully saturated rings. The Balaban J connectivity index is 2.35. The van der Waals surface area contributed by atoms with E-state index in [1.54, 1.807) is 12.4 Å². The van der Waals surface area contributed by atoms with Crippen molar-refractivity contribution in [1.29, 1.82) is 0 Å². The maximum absolute atomic E-state index is 6.05. The Morgan fingerprint density at radius 1 is 1.05 bits per heavy atom. The second-order valence-corrected chi connectivity index (χ2v) is 4.73. The number of aryl methyl sites for hydroxylation is 2. The predicted molar refractivity (Wildman–Crippen MR) is 81.3 cm³/mol. The van der Waals surface area contributed by atoms with Crippen LogP contribution in [0.3, 0.4) is 0 Å². The van der Waals surface area contributed by atoms with Crippen LogP contribution in [0.5, 0.6) is 0 Å². The van der Waals surface area contributed by atoms with Gasteiger partial charge in [-0.15, -0.1) is 0 Å². The van der Waals surface area contributed by atoms with E-state index in [4.69, 9.17) is 5.73 Å². The van der Waals surface area contributed by atoms with Crippen LogP contribution in [0.4, 0.5) is 5.82 Å². The molecule has 0 amide bonds. The lowest BCUT2D eigenvalue weighted by atomic mass is 10.0. The van der Waals surface area contributed by atoms with Gasteiger partial charge in [-0.05, 0) is 36.6 Å². The zero-order valence-electron chi connectivity index (χ0n) is 11.6. The maximum atomic E-state index is 6.05. The molecule has 3 heterocycles. The highest BCUT2D eigenvalue weighted by molar-refractivity contribution is 5.93. The summed E-state index contributed by atoms with van der Waals surface area (Å²) in [6.07, 6.45) is 4.44. The highest BCUT2D eigenvalue weighted by Crippen LogP contribution is 2.30. The number of hydrogen-bond acceptors (Lipinski definition) is 4. The molecule has 0 aromatic carbocycles. The number of rotatable bonds is 2. The summed E-state index contributed by atoms with van der Waals surface area (Å²) in [7, 11) is 0. The Labute approximate surface area is 117 Å². The molecule has 0 aliphatic carbocycles. The van der Waals surface area contributed by atoms with Crippen molar-refractivity contribution in [2.45, 2.75) is 20.3 Å². The summed E-state index contributed by atoms with van der Waals surface area (Å²) >= 11 is 0. The molecule has 100 valence electrons. The van der Waals surface area contributed by atoms with Crippen molar-refractivity contribution in [2.24, 2.45) is 0 Å². The highest BCUT2D eigenvalue weighted by atomic mass is 14.9. The summed E-state index contributed by atoms with van der Waals surface area (Å²) in [5.74, 6) is 0.453. The van der Waals surface area contributed by atoms with Crippen LogP contribution in [0.15, 0.2) is 36.7 Å². The molecular formula is C16H16N4. The van der Waals surface area contributed by atoms with Gasteiger partial charge in [-0.2, -0.15) is 0 Å². The molecule has 2 N–H and O–H groups in total. The number of nitrogens with two attached hydrogens (primary N) is 1. The summed E-state index contributed by atoms with van der Waals surface area (Å²) < 4.78 is 0. The van der Waals surface area contributed by atoms with Gasteiger partial charge in [0.15, 0.2) is 5.82 Å². The van der Waals surface area contributed by atoms with E-state index in [-0.39, 0.29) is 0 Å². The fourth-order valence-electron chi connectivity index (χ4n) is 2.46. The molecular weight excluding hydrogens is 248 g/mol. The molecule has 0 bridgehead atoms. The van der Waals surface area contributed by atoms with Crippen molar-refractivity contribution in [2.75, 3.05) is 5.73 Å². The van der Waals surface area contributed by atoms with E-state index >= 15 is 0 Å². The van der Waals surface area contributed by atoms with Gasteiger partial charge in [-0.25, -0.2) is 4.98 Å². The average molecular weight is 264 g/mol. The van der Waals surface area contributed by atoms with Crippen LogP contribution in [0.2, 0.25) is 0 Å². The fourth-order valence-corrected chi connectivity index (χ4v) is 2.46. The number of pyridine rings is 3. The van der Waals surface area contributed by atoms with E-state index in [1.807, 2.05) is 25.1 Å². The molecule has 0 saturated heterocycles. The quantitative estimate of drug-likeness (QED) is 0.772. The summed E-state index contributed by atoms with van der Waals surface area (Å²) in [5.41, 5.74) is 10.8. The Bertz CT molecular complexity index is 781. The SMILES string of the molecule is CCc1cccnc1-c1nc(N)c2ncccc2c1C. The first kappa shape index (κ1) is 12.5. The first-order valence-corrected chi connectivity index (χ1v) is 6.67. The second kappa shape index (κ2) is 4.89. The first-order chi connectivity index (χ1) is 9.72. The number of fused-ring (bicyclic) bond motifs is 1. The van der Waals surface area contributed by atoms with Crippen LogP contribution in [0.1, 0.15) is 18.1 Å². The van der Waals surface area contributed by atoms with Crippen LogP contribution in [-0.4, -0.2) is 15.0 Å². The first-order valence-electron chi connectivity index (χ1n) is 6.67. The lowest BCUT2D eigenvalue weighted by molar-refractivity contribution is 1.09. The predicted octanol–water partition coefficient (Wildman–Crippen LogP) is 3.14. The smallest absolute Gasteiger partial charge is 0.150 e. The molecule has 0 aliphatic heterocycles. The third-order valence-electron chi connectivity index (χ3n) is 3.54. The van der Waals surface area contributed by atoms with Gasteiger partial charge in [0.2, 0.25) is 0 Å². The minimum Gasteiger partial charge on any atom is -0.382 e. The number of aromatic nitrogens is 3. The molecule has 4 nitrogen and oxygen atoms in total. The van der Waals surface area contributed by atoms with Gasteiger partial charge >= 0.3 is 0 Å². The zero-order valence-corrected chi connectivity index (χ0v) is 11.6. The van der Waals surface area contributed by atoms with Gasteiger partial charge in [0.05, 0.1) is 11.4 Å². The van der Waals surface area contributed by atoms with Crippen molar-refractivity contribution in [1.82, 2.24) is 15.0 Å². The van der Waals surface area contributed by atoms with Crippen molar-refractivity contribution in [3.63, 3.8) is 0 Å². The third-order valence-corrected chi connectivity index (χ3v) is 3.54. The van der Waals surface area contributed by atoms with E-state index in [0.29, 0.717) is 5.82 Å². The molecule has 0 radical (unpaired) electrons. The number of hydrogen-bond donors (Lipinski definition) is 1. The van der Waals surface area contributed by atoms with Gasteiger partial charge in [-0.3, -0.25) is 9.97 Å². The summed E-state index contributed by atoms with van der Waals surface area (Å²) in [6.45, 7) is 4.15. The molecule has 0 atom stereocenters. The fraction of sp³-hybridized carbons (Fsp3) is 0.188. The molecule has 0 aliphatic rings. The second-order valence-electron chi connectivity index (χ2n) is 4.73. The van der Waals surface area contributed by atoms with E-state index in [1.165, 1.54) is 5.56 Å². The van der Waals surface area contributed by atoms with E-state index < -0.39 is 0 Å². The summed E-state index contributed by atoms with van der Waals surface area (Å²) in [4.78, 5) is 13.3. The van der Waals surface area contributed by atoms with Crippen molar-refractivity contribution >= 4 is 16.7 Å². The standard InChI is InChI=1S/C16H16N4/c1-3-11-6-4-8-18-14(11)13-10(2)12-7-5-9-19-15(12)16(17)20-13/h4-9H,3H2,1-2H3,(H2,17,20). The lowest BCUT2D eigenvalue weighted by Gasteiger charge is -2.12. The summed E-state index contributed by atoms with van der Waals surface area (Å²) in [6, 6.07) is 7.96. The minimum absolute atomic E-state index is 0.453. The van der Waals surface area contributed by atoms with Gasteiger partial charge in [0.1, 0.15) is 5.52 Å². The number of nitrogens with zero attached hydrogens (tertiary/aromatic N) is 3. The molecule has 3 rings (SSSR count). The van der Waals surface area contributed by atoms with Crippen LogP contribution in [-0.2, 0) is 6.42 Å². The van der Waals surface area contributed by atoms with Gasteiger partial charge < -0.3 is 5.73 Å². The number of nitrogen functional groups attached to an aromatic ring is 1. The van der Waals surface area contributed by atoms with Crippen LogP contribution < -0.4 is 5.73 Å². The minimum atomic E-state index is 0.453. The van der Waals surface area contributed by atoms with E-state index in [9.17, 15) is 0 Å². The van der Waals surface area contributed by atoms with Crippen molar-refractivity contribution < 1.29 is 0 Å². The third kappa shape index (κ3) is 1.90. The summed E-state index contributed by atoms with van der Waals surface area (Å²) in [5, 5.41) is 1.03. The molecule has 0 saturated carbocycles. The lowest BCUT2D eigenvalue weighted by Crippen LogP contribution is -2.02. The van der Waals surface area contributed by atoms with Gasteiger partial charge in [0, 0.05) is 17.8 Å². The Morgan fingerprint density at radius 2 is 1.80 bits per heavy atom. The zero-order chi connectivity index (χ0) is 14.1. The van der Waals surface area contributed by atoms with Crippen LogP contribution >= 0.6 is 0 Å². The van der Waals surface area contributed by atoms with E-state index in [2.05, 4.69) is 27.9 Å². The molecule has 0 spiro atoms. The Morgan fingerprint density at radius 3 is 2.60 bits per heavy atom. The monoisotopic (exact) mass is 264 g/mol. The van der Waals surface area contributed by atoms with Crippen molar-refractivity contribution in [3.8, 4) is 11.4 Å². The number of anilines is 1. The Hall–Kier alpha value is -2.49. The normalized spacial score (nSPS) is 10.9. The molecule has 3 aromatic heterocycles. The molecule has 3 aromatic rings. The molecule has 4 heteroatoms. The topological polar surface area (TPSA) is 64.7 Å². The highest BCUT2D eigenvalue weighted by Gasteiger charge is 2.14. The maximum Gasteiger partial charge on any atom is 0.150 e. The van der Waals surface area contributed by atoms with Crippen LogP contribution in [0, 0.1) is 6.92 Å².